The van der Waals surface area contributed by atoms with Gasteiger partial charge >= 0.3 is 0 Å². The molecule has 0 N–H and O–H groups in total. The van der Waals surface area contributed by atoms with Crippen molar-refractivity contribution in [3.8, 4) is 0 Å². The first-order chi connectivity index (χ1) is 15.7. The van der Waals surface area contributed by atoms with Crippen LogP contribution >= 0.6 is 22.9 Å². The summed E-state index contributed by atoms with van der Waals surface area (Å²) in [5.41, 5.74) is 2.83. The fourth-order valence-electron chi connectivity index (χ4n) is 3.32. The number of fused-ring (bicyclic) bond motifs is 1. The van der Waals surface area contributed by atoms with Gasteiger partial charge in [0.05, 0.1) is 26.9 Å². The summed E-state index contributed by atoms with van der Waals surface area (Å²) in [6.45, 7) is 5.43. The van der Waals surface area contributed by atoms with Crippen molar-refractivity contribution in [2.75, 3.05) is 4.90 Å². The molecule has 2 aromatic carbocycles. The Hall–Kier alpha value is -2.81. The zero-order valence-electron chi connectivity index (χ0n) is 18.3. The average Bonchev–Trinajstić information content (AvgIpc) is 3.25. The molecule has 0 aliphatic rings. The summed E-state index contributed by atoms with van der Waals surface area (Å²) in [5.74, 6) is -0.282. The number of rotatable bonds is 6. The summed E-state index contributed by atoms with van der Waals surface area (Å²) in [5, 5.41) is 0.605. The number of aromatic nitrogens is 2. The SMILES string of the molecule is Cc1c(Cl)ccc2sc(N(Cc3cccnc3)C(=O)c3ccc(S(=O)(=O)C(C)C)cc3)nc12. The smallest absolute Gasteiger partial charge is 0.260 e. The summed E-state index contributed by atoms with van der Waals surface area (Å²) < 4.78 is 25.8. The minimum absolute atomic E-state index is 0.193. The van der Waals surface area contributed by atoms with Crippen molar-refractivity contribution in [3.05, 3.63) is 82.6 Å². The molecule has 0 spiro atoms. The van der Waals surface area contributed by atoms with E-state index in [1.165, 1.54) is 23.5 Å². The van der Waals surface area contributed by atoms with Gasteiger partial charge in [-0.3, -0.25) is 14.7 Å². The van der Waals surface area contributed by atoms with Crippen LogP contribution in [0.3, 0.4) is 0 Å². The Morgan fingerprint density at radius 3 is 2.48 bits per heavy atom. The third kappa shape index (κ3) is 4.64. The highest BCUT2D eigenvalue weighted by Crippen LogP contribution is 2.35. The molecule has 4 rings (SSSR count). The fraction of sp³-hybridized carbons (Fsp3) is 0.208. The van der Waals surface area contributed by atoms with Crippen LogP contribution in [0.2, 0.25) is 5.02 Å². The molecule has 0 atom stereocenters. The van der Waals surface area contributed by atoms with Crippen LogP contribution in [0.25, 0.3) is 10.2 Å². The van der Waals surface area contributed by atoms with Gasteiger partial charge in [0.25, 0.3) is 5.91 Å². The molecule has 9 heteroatoms. The topological polar surface area (TPSA) is 80.2 Å². The fourth-order valence-corrected chi connectivity index (χ4v) is 5.56. The number of anilines is 1. The minimum atomic E-state index is -3.42. The van der Waals surface area contributed by atoms with Crippen molar-refractivity contribution in [1.29, 1.82) is 0 Å². The molecular weight excluding hydrogens is 478 g/mol. The zero-order chi connectivity index (χ0) is 23.8. The Morgan fingerprint density at radius 2 is 1.85 bits per heavy atom. The number of pyridine rings is 1. The van der Waals surface area contributed by atoms with Crippen LogP contribution in [0, 0.1) is 6.92 Å². The van der Waals surface area contributed by atoms with Crippen molar-refractivity contribution in [2.45, 2.75) is 37.5 Å². The molecule has 0 saturated carbocycles. The van der Waals surface area contributed by atoms with E-state index in [1.807, 2.05) is 31.2 Å². The second-order valence-electron chi connectivity index (χ2n) is 7.89. The van der Waals surface area contributed by atoms with Gasteiger partial charge in [-0.25, -0.2) is 13.4 Å². The van der Waals surface area contributed by atoms with Crippen molar-refractivity contribution < 1.29 is 13.2 Å². The standard InChI is InChI=1S/C24H22ClN3O3S2/c1-15(2)33(30,31)19-8-6-18(7-9-19)23(29)28(14-17-5-4-12-26-13-17)24-27-22-16(3)20(25)10-11-21(22)32-24/h4-13,15H,14H2,1-3H3. The van der Waals surface area contributed by atoms with Gasteiger partial charge in [0.15, 0.2) is 15.0 Å². The maximum atomic E-state index is 13.6. The Balaban J connectivity index is 1.75. The Kier molecular flexibility index (Phi) is 6.52. The van der Waals surface area contributed by atoms with E-state index in [4.69, 9.17) is 16.6 Å². The van der Waals surface area contributed by atoms with E-state index in [9.17, 15) is 13.2 Å². The number of nitrogens with zero attached hydrogens (tertiary/aromatic N) is 3. The summed E-state index contributed by atoms with van der Waals surface area (Å²) >= 11 is 7.67. The largest absolute Gasteiger partial charge is 0.279 e. The number of amides is 1. The first-order valence-corrected chi connectivity index (χ1v) is 13.0. The number of hydrogen-bond acceptors (Lipinski definition) is 6. The second-order valence-corrected chi connectivity index (χ2v) is 11.8. The lowest BCUT2D eigenvalue weighted by molar-refractivity contribution is 0.0985. The lowest BCUT2D eigenvalue weighted by Crippen LogP contribution is -2.30. The monoisotopic (exact) mass is 499 g/mol. The zero-order valence-corrected chi connectivity index (χ0v) is 20.7. The van der Waals surface area contributed by atoms with E-state index in [2.05, 4.69) is 4.98 Å². The molecular formula is C24H22ClN3O3S2. The van der Waals surface area contributed by atoms with E-state index in [-0.39, 0.29) is 17.3 Å². The van der Waals surface area contributed by atoms with Gasteiger partial charge in [-0.1, -0.05) is 29.0 Å². The molecule has 0 bridgehead atoms. The van der Waals surface area contributed by atoms with Crippen LogP contribution in [0.1, 0.15) is 35.3 Å². The van der Waals surface area contributed by atoms with E-state index in [1.54, 1.807) is 43.3 Å². The summed E-state index contributed by atoms with van der Waals surface area (Å²) in [4.78, 5) is 24.2. The molecule has 0 fully saturated rings. The molecule has 0 aliphatic carbocycles. The third-order valence-corrected chi connectivity index (χ3v) is 8.95. The molecule has 33 heavy (non-hydrogen) atoms. The molecule has 2 heterocycles. The molecule has 0 radical (unpaired) electrons. The van der Waals surface area contributed by atoms with Crippen LogP contribution in [-0.2, 0) is 16.4 Å². The lowest BCUT2D eigenvalue weighted by atomic mass is 10.2. The highest BCUT2D eigenvalue weighted by atomic mass is 35.5. The third-order valence-electron chi connectivity index (χ3n) is 5.33. The Labute approximate surface area is 201 Å². The second kappa shape index (κ2) is 9.21. The van der Waals surface area contributed by atoms with Gasteiger partial charge in [0, 0.05) is 23.0 Å². The molecule has 4 aromatic rings. The van der Waals surface area contributed by atoms with Crippen LogP contribution < -0.4 is 4.90 Å². The Bertz CT molecular complexity index is 1420. The van der Waals surface area contributed by atoms with Crippen LogP contribution in [0.5, 0.6) is 0 Å². The number of carbonyl (C=O) groups is 1. The maximum absolute atomic E-state index is 13.6. The van der Waals surface area contributed by atoms with E-state index in [0.29, 0.717) is 15.7 Å². The average molecular weight is 500 g/mol. The summed E-state index contributed by atoms with van der Waals surface area (Å²) in [7, 11) is -3.42. The number of benzene rings is 2. The number of sulfone groups is 1. The van der Waals surface area contributed by atoms with Gasteiger partial charge in [-0.05, 0) is 74.4 Å². The van der Waals surface area contributed by atoms with Crippen molar-refractivity contribution in [2.24, 2.45) is 0 Å². The molecule has 2 aromatic heterocycles. The normalized spacial score (nSPS) is 11.8. The predicted octanol–water partition coefficient (Wildman–Crippen LogP) is 5.68. The molecule has 0 aliphatic heterocycles. The van der Waals surface area contributed by atoms with Crippen LogP contribution in [-0.4, -0.2) is 29.5 Å². The van der Waals surface area contributed by atoms with Crippen LogP contribution in [0.4, 0.5) is 5.13 Å². The van der Waals surface area contributed by atoms with E-state index in [0.717, 1.165) is 21.3 Å². The van der Waals surface area contributed by atoms with Crippen molar-refractivity contribution in [1.82, 2.24) is 9.97 Å². The van der Waals surface area contributed by atoms with Gasteiger partial charge < -0.3 is 0 Å². The number of thiazole rings is 1. The predicted molar refractivity (Wildman–Crippen MR) is 133 cm³/mol. The Morgan fingerprint density at radius 1 is 1.12 bits per heavy atom. The number of halogens is 1. The molecule has 0 unspecified atom stereocenters. The first kappa shape index (κ1) is 23.4. The van der Waals surface area contributed by atoms with Crippen molar-refractivity contribution >= 4 is 54.0 Å². The molecule has 0 saturated heterocycles. The van der Waals surface area contributed by atoms with Gasteiger partial charge in [-0.2, -0.15) is 0 Å². The molecule has 6 nitrogen and oxygen atoms in total. The van der Waals surface area contributed by atoms with Gasteiger partial charge in [-0.15, -0.1) is 0 Å². The van der Waals surface area contributed by atoms with E-state index >= 15 is 0 Å². The van der Waals surface area contributed by atoms with Crippen LogP contribution in [0.15, 0.2) is 65.8 Å². The van der Waals surface area contributed by atoms with E-state index < -0.39 is 15.1 Å². The van der Waals surface area contributed by atoms with Gasteiger partial charge in [0.1, 0.15) is 0 Å². The van der Waals surface area contributed by atoms with Gasteiger partial charge in [0.2, 0.25) is 0 Å². The number of aryl methyl sites for hydroxylation is 1. The number of hydrogen-bond donors (Lipinski definition) is 0. The summed E-state index contributed by atoms with van der Waals surface area (Å²) in [6, 6.07) is 13.5. The molecule has 170 valence electrons. The quantitative estimate of drug-likeness (QED) is 0.341. The first-order valence-electron chi connectivity index (χ1n) is 10.3. The number of carbonyl (C=O) groups excluding carboxylic acids is 1. The van der Waals surface area contributed by atoms with Crippen molar-refractivity contribution in [3.63, 3.8) is 0 Å². The minimum Gasteiger partial charge on any atom is -0.279 e. The molecule has 1 amide bonds. The lowest BCUT2D eigenvalue weighted by Gasteiger charge is -2.20. The highest BCUT2D eigenvalue weighted by Gasteiger charge is 2.24. The maximum Gasteiger partial charge on any atom is 0.260 e. The highest BCUT2D eigenvalue weighted by molar-refractivity contribution is 7.92. The summed E-state index contributed by atoms with van der Waals surface area (Å²) in [6.07, 6.45) is 3.38.